The van der Waals surface area contributed by atoms with E-state index in [1.807, 2.05) is 0 Å². The van der Waals surface area contributed by atoms with Crippen molar-refractivity contribution in [2.24, 2.45) is 0 Å². The molecule has 64 heavy (non-hydrogen) atoms. The fourth-order valence-corrected chi connectivity index (χ4v) is 9.11. The lowest BCUT2D eigenvalue weighted by atomic mass is 10.0. The van der Waals surface area contributed by atoms with Gasteiger partial charge < -0.3 is 20.3 Å². The van der Waals surface area contributed by atoms with Crippen LogP contribution >= 0.6 is 0 Å². The molecule has 0 rings (SSSR count). The second kappa shape index (κ2) is 54.2. The van der Waals surface area contributed by atoms with Crippen LogP contribution < -0.4 is 5.32 Å². The topological polar surface area (TPSA) is 95.9 Å². The maximum atomic E-state index is 12.4. The molecule has 0 bridgehead atoms. The van der Waals surface area contributed by atoms with Crippen LogP contribution in [0.15, 0.2) is 12.2 Å². The Labute approximate surface area is 399 Å². The summed E-state index contributed by atoms with van der Waals surface area (Å²) in [5.74, 6) is -0.0279. The Hall–Kier alpha value is -1.40. The van der Waals surface area contributed by atoms with Crippen LogP contribution in [0, 0.1) is 0 Å². The number of ether oxygens (including phenoxy) is 1. The van der Waals surface area contributed by atoms with Gasteiger partial charge in [-0.1, -0.05) is 270 Å². The van der Waals surface area contributed by atoms with Gasteiger partial charge in [-0.05, 0) is 51.4 Å². The average Bonchev–Trinajstić information content (AvgIpc) is 3.29. The fourth-order valence-electron chi connectivity index (χ4n) is 9.11. The highest BCUT2D eigenvalue weighted by atomic mass is 16.5. The number of amides is 1. The van der Waals surface area contributed by atoms with E-state index in [1.165, 1.54) is 250 Å². The summed E-state index contributed by atoms with van der Waals surface area (Å²) < 4.78 is 5.48. The zero-order valence-electron chi connectivity index (χ0n) is 43.3. The van der Waals surface area contributed by atoms with Crippen LogP contribution in [0.5, 0.6) is 0 Å². The van der Waals surface area contributed by atoms with E-state index >= 15 is 0 Å². The number of hydrogen-bond acceptors (Lipinski definition) is 5. The van der Waals surface area contributed by atoms with Crippen LogP contribution in [0.2, 0.25) is 0 Å². The fraction of sp³-hybridized carbons (Fsp3) is 0.931. The molecule has 6 nitrogen and oxygen atoms in total. The van der Waals surface area contributed by atoms with Crippen LogP contribution in [0.1, 0.15) is 322 Å². The van der Waals surface area contributed by atoms with E-state index in [9.17, 15) is 19.8 Å². The Balaban J connectivity index is 3.37. The molecule has 0 aliphatic carbocycles. The third kappa shape index (κ3) is 50.0. The zero-order valence-corrected chi connectivity index (χ0v) is 43.3. The first-order valence-electron chi connectivity index (χ1n) is 28.9. The van der Waals surface area contributed by atoms with Gasteiger partial charge in [-0.15, -0.1) is 0 Å². The molecule has 0 aromatic carbocycles. The van der Waals surface area contributed by atoms with E-state index in [-0.39, 0.29) is 18.5 Å². The number of aliphatic hydroxyl groups is 2. The van der Waals surface area contributed by atoms with Gasteiger partial charge in [0.15, 0.2) is 0 Å². The summed E-state index contributed by atoms with van der Waals surface area (Å²) in [4.78, 5) is 24.4. The van der Waals surface area contributed by atoms with E-state index in [1.54, 1.807) is 0 Å². The monoisotopic (exact) mass is 904 g/mol. The zero-order chi connectivity index (χ0) is 46.5. The molecular formula is C58H113NO5. The van der Waals surface area contributed by atoms with Gasteiger partial charge >= 0.3 is 5.97 Å². The van der Waals surface area contributed by atoms with Crippen molar-refractivity contribution >= 4 is 11.9 Å². The number of unbranched alkanes of at least 4 members (excludes halogenated alkanes) is 41. The lowest BCUT2D eigenvalue weighted by molar-refractivity contribution is -0.143. The molecule has 0 aliphatic rings. The van der Waals surface area contributed by atoms with Crippen molar-refractivity contribution in [1.82, 2.24) is 5.32 Å². The predicted octanol–water partition coefficient (Wildman–Crippen LogP) is 17.7. The Morgan fingerprint density at radius 1 is 0.422 bits per heavy atom. The van der Waals surface area contributed by atoms with Gasteiger partial charge in [0, 0.05) is 12.8 Å². The van der Waals surface area contributed by atoms with Crippen molar-refractivity contribution in [3.05, 3.63) is 12.2 Å². The van der Waals surface area contributed by atoms with E-state index in [2.05, 4.69) is 31.3 Å². The minimum absolute atomic E-state index is 0.0140. The molecule has 0 saturated heterocycles. The normalized spacial score (nSPS) is 12.6. The molecule has 0 aliphatic heterocycles. The molecule has 380 valence electrons. The van der Waals surface area contributed by atoms with Gasteiger partial charge in [0.05, 0.1) is 25.4 Å². The maximum Gasteiger partial charge on any atom is 0.305 e. The Kier molecular flexibility index (Phi) is 53.0. The Bertz CT molecular complexity index is 955. The van der Waals surface area contributed by atoms with Crippen LogP contribution in [0.25, 0.3) is 0 Å². The lowest BCUT2D eigenvalue weighted by Gasteiger charge is -2.22. The van der Waals surface area contributed by atoms with Crippen molar-refractivity contribution in [2.75, 3.05) is 13.2 Å². The number of allylic oxidation sites excluding steroid dienone is 2. The lowest BCUT2D eigenvalue weighted by Crippen LogP contribution is -2.45. The van der Waals surface area contributed by atoms with E-state index < -0.39 is 12.1 Å². The molecule has 0 aromatic rings. The average molecular weight is 905 g/mol. The van der Waals surface area contributed by atoms with Gasteiger partial charge in [-0.25, -0.2) is 0 Å². The number of nitrogens with one attached hydrogen (secondary N) is 1. The van der Waals surface area contributed by atoms with E-state index in [0.29, 0.717) is 25.9 Å². The van der Waals surface area contributed by atoms with Crippen molar-refractivity contribution in [1.29, 1.82) is 0 Å². The van der Waals surface area contributed by atoms with Crippen molar-refractivity contribution in [3.63, 3.8) is 0 Å². The van der Waals surface area contributed by atoms with Crippen molar-refractivity contribution < 1.29 is 24.5 Å². The van der Waals surface area contributed by atoms with Crippen molar-refractivity contribution in [2.45, 2.75) is 334 Å². The Morgan fingerprint density at radius 3 is 1.11 bits per heavy atom. The summed E-state index contributed by atoms with van der Waals surface area (Å²) in [6.45, 7) is 4.95. The molecular weight excluding hydrogens is 791 g/mol. The number of carbonyl (C=O) groups is 2. The molecule has 0 saturated carbocycles. The first-order chi connectivity index (χ1) is 31.5. The second-order valence-electron chi connectivity index (χ2n) is 20.0. The largest absolute Gasteiger partial charge is 0.466 e. The SMILES string of the molecule is CCCCCCCCCCCCCCCCC(=O)OCCCCCCCCCCCCCC/C=C\CCCCCCCCCC(=O)NC(CO)C(O)CCCCCCCCCCCC. The Morgan fingerprint density at radius 2 is 0.734 bits per heavy atom. The van der Waals surface area contributed by atoms with Gasteiger partial charge in [-0.2, -0.15) is 0 Å². The minimum atomic E-state index is -0.665. The van der Waals surface area contributed by atoms with Gasteiger partial charge in [0.2, 0.25) is 5.91 Å². The second-order valence-corrected chi connectivity index (χ2v) is 20.0. The molecule has 6 heteroatoms. The predicted molar refractivity (Wildman–Crippen MR) is 278 cm³/mol. The first-order valence-corrected chi connectivity index (χ1v) is 28.9. The van der Waals surface area contributed by atoms with Gasteiger partial charge in [-0.3, -0.25) is 9.59 Å². The minimum Gasteiger partial charge on any atom is -0.466 e. The van der Waals surface area contributed by atoms with E-state index in [4.69, 9.17) is 4.74 Å². The number of hydrogen-bond donors (Lipinski definition) is 3. The molecule has 3 N–H and O–H groups in total. The first kappa shape index (κ1) is 62.6. The number of carbonyl (C=O) groups excluding carboxylic acids is 2. The molecule has 0 fully saturated rings. The third-order valence-electron chi connectivity index (χ3n) is 13.6. The third-order valence-corrected chi connectivity index (χ3v) is 13.6. The van der Waals surface area contributed by atoms with Crippen LogP contribution in [0.3, 0.4) is 0 Å². The molecule has 2 atom stereocenters. The summed E-state index contributed by atoms with van der Waals surface area (Å²) in [5, 5.41) is 23.1. The van der Waals surface area contributed by atoms with Crippen LogP contribution in [-0.2, 0) is 14.3 Å². The molecule has 0 aromatic heterocycles. The highest BCUT2D eigenvalue weighted by molar-refractivity contribution is 5.76. The number of esters is 1. The summed E-state index contributed by atoms with van der Waals surface area (Å²) in [6.07, 6.45) is 63.6. The van der Waals surface area contributed by atoms with Gasteiger partial charge in [0.1, 0.15) is 0 Å². The number of rotatable bonds is 54. The van der Waals surface area contributed by atoms with Crippen LogP contribution in [-0.4, -0.2) is 47.4 Å². The van der Waals surface area contributed by atoms with Gasteiger partial charge in [0.25, 0.3) is 0 Å². The highest BCUT2D eigenvalue weighted by Gasteiger charge is 2.20. The maximum absolute atomic E-state index is 12.4. The standard InChI is InChI=1S/C58H113NO5/c1-3-5-7-9-11-13-15-16-29-32-36-40-44-48-52-58(63)64-53-49-45-41-37-33-30-27-25-23-21-19-17-18-20-22-24-26-28-31-35-39-43-47-51-57(62)59-55(54-60)56(61)50-46-42-38-34-14-12-10-8-6-4-2/h20,22,55-56,60-61H,3-19,21,23-54H2,1-2H3,(H,59,62)/b22-20-. The van der Waals surface area contributed by atoms with Crippen LogP contribution in [0.4, 0.5) is 0 Å². The molecule has 0 radical (unpaired) electrons. The highest BCUT2D eigenvalue weighted by Crippen LogP contribution is 2.17. The molecule has 0 spiro atoms. The number of aliphatic hydroxyl groups excluding tert-OH is 2. The molecule has 2 unspecified atom stereocenters. The quantitative estimate of drug-likeness (QED) is 0.0321. The van der Waals surface area contributed by atoms with Crippen molar-refractivity contribution in [3.8, 4) is 0 Å². The summed E-state index contributed by atoms with van der Waals surface area (Å²) in [7, 11) is 0. The summed E-state index contributed by atoms with van der Waals surface area (Å²) in [5.41, 5.74) is 0. The van der Waals surface area contributed by atoms with E-state index in [0.717, 1.165) is 38.5 Å². The summed E-state index contributed by atoms with van der Waals surface area (Å²) >= 11 is 0. The molecule has 1 amide bonds. The smallest absolute Gasteiger partial charge is 0.305 e. The summed E-state index contributed by atoms with van der Waals surface area (Å²) in [6, 6.07) is -0.543. The molecule has 0 heterocycles.